The maximum Gasteiger partial charge on any atom is 0.268 e. The van der Waals surface area contributed by atoms with Gasteiger partial charge in [0.2, 0.25) is 11.8 Å². The van der Waals surface area contributed by atoms with Gasteiger partial charge in [0, 0.05) is 25.2 Å². The monoisotopic (exact) mass is 413 g/mol. The lowest BCUT2D eigenvalue weighted by atomic mass is 9.95. The average Bonchev–Trinajstić information content (AvgIpc) is 3.29. The number of carbonyl (C=O) groups excluding carboxylic acids is 1. The highest BCUT2D eigenvalue weighted by Gasteiger charge is 2.20. The third kappa shape index (κ3) is 4.07. The summed E-state index contributed by atoms with van der Waals surface area (Å²) in [5.74, 6) is 0.754. The van der Waals surface area contributed by atoms with Gasteiger partial charge in [0.25, 0.3) is 5.89 Å². The van der Waals surface area contributed by atoms with Crippen molar-refractivity contribution in [3.8, 4) is 23.0 Å². The molecule has 31 heavy (non-hydrogen) atoms. The molecule has 0 bridgehead atoms. The van der Waals surface area contributed by atoms with Gasteiger partial charge in [-0.15, -0.1) is 10.2 Å². The van der Waals surface area contributed by atoms with E-state index >= 15 is 0 Å². The van der Waals surface area contributed by atoms with E-state index in [0.29, 0.717) is 36.0 Å². The molecule has 0 N–H and O–H groups in total. The number of hydrogen-bond acceptors (Lipinski definition) is 6. The Hall–Kier alpha value is -3.87. The van der Waals surface area contributed by atoms with Crippen LogP contribution in [0, 0.1) is 6.92 Å². The summed E-state index contributed by atoms with van der Waals surface area (Å²) in [7, 11) is 3.51. The topological polar surface area (TPSA) is 85.0 Å². The molecule has 7 nitrogen and oxygen atoms in total. The lowest BCUT2D eigenvalue weighted by Gasteiger charge is -2.17. The molecule has 0 fully saturated rings. The maximum absolute atomic E-state index is 12.2. The summed E-state index contributed by atoms with van der Waals surface area (Å²) in [5.41, 5.74) is 5.52. The lowest BCUT2D eigenvalue weighted by Crippen LogP contribution is -2.24. The normalized spacial score (nSPS) is 13.4. The summed E-state index contributed by atoms with van der Waals surface area (Å²) in [5, 5.41) is 8.41. The van der Waals surface area contributed by atoms with Crippen LogP contribution in [0.15, 0.2) is 59.2 Å². The molecule has 0 spiro atoms. The van der Waals surface area contributed by atoms with E-state index in [0.717, 1.165) is 28.0 Å². The summed E-state index contributed by atoms with van der Waals surface area (Å²) in [6.45, 7) is 5.70. The van der Waals surface area contributed by atoms with Crippen molar-refractivity contribution in [1.82, 2.24) is 25.1 Å². The van der Waals surface area contributed by atoms with Gasteiger partial charge < -0.3 is 9.32 Å². The molecule has 0 saturated heterocycles. The largest absolute Gasteiger partial charge is 0.415 e. The van der Waals surface area contributed by atoms with E-state index in [1.165, 1.54) is 0 Å². The molecule has 1 aliphatic carbocycles. The van der Waals surface area contributed by atoms with Crippen LogP contribution < -0.4 is 0 Å². The Morgan fingerprint density at radius 1 is 1.13 bits per heavy atom. The van der Waals surface area contributed by atoms with Crippen LogP contribution in [0.4, 0.5) is 0 Å². The van der Waals surface area contributed by atoms with Crippen LogP contribution in [-0.4, -0.2) is 45.1 Å². The summed E-state index contributed by atoms with van der Waals surface area (Å²) >= 11 is 0. The minimum atomic E-state index is 0.0316. The van der Waals surface area contributed by atoms with Crippen molar-refractivity contribution < 1.29 is 9.21 Å². The van der Waals surface area contributed by atoms with E-state index in [4.69, 9.17) is 9.40 Å². The van der Waals surface area contributed by atoms with Gasteiger partial charge in [0.05, 0.1) is 17.6 Å². The Kier molecular flexibility index (Phi) is 5.58. The smallest absolute Gasteiger partial charge is 0.268 e. The first-order valence-electron chi connectivity index (χ1n) is 9.99. The number of aryl methyl sites for hydroxylation is 1. The molecule has 3 aromatic rings. The first-order chi connectivity index (χ1) is 15.0. The molecule has 4 rings (SSSR count). The zero-order valence-corrected chi connectivity index (χ0v) is 17.8. The molecular weight excluding hydrogens is 390 g/mol. The molecule has 1 aliphatic rings. The molecule has 0 radical (unpaired) electrons. The SMILES string of the molecule is C=Cc1ccccc1-c1nnc(-c2nc(C3=CC=C(C(=O)N(C)C)CC3)cnc2C)o1. The molecule has 1 aromatic carbocycles. The van der Waals surface area contributed by atoms with Gasteiger partial charge in [0.1, 0.15) is 5.69 Å². The van der Waals surface area contributed by atoms with Crippen molar-refractivity contribution in [2.75, 3.05) is 14.1 Å². The van der Waals surface area contributed by atoms with Crippen LogP contribution in [0.5, 0.6) is 0 Å². The van der Waals surface area contributed by atoms with Gasteiger partial charge in [-0.25, -0.2) is 4.98 Å². The highest BCUT2D eigenvalue weighted by molar-refractivity contribution is 5.94. The molecular formula is C24H23N5O2. The number of carbonyl (C=O) groups is 1. The van der Waals surface area contributed by atoms with E-state index in [9.17, 15) is 4.79 Å². The second-order valence-electron chi connectivity index (χ2n) is 7.48. The van der Waals surface area contributed by atoms with Gasteiger partial charge >= 0.3 is 0 Å². The summed E-state index contributed by atoms with van der Waals surface area (Å²) < 4.78 is 5.94. The number of benzene rings is 1. The second kappa shape index (κ2) is 8.47. The van der Waals surface area contributed by atoms with Crippen molar-refractivity contribution in [3.05, 3.63) is 71.7 Å². The van der Waals surface area contributed by atoms with E-state index in [1.54, 1.807) is 31.3 Å². The van der Waals surface area contributed by atoms with Gasteiger partial charge in [-0.2, -0.15) is 0 Å². The maximum atomic E-state index is 12.2. The Labute approximate surface area is 180 Å². The molecule has 1 amide bonds. The molecule has 156 valence electrons. The Balaban J connectivity index is 1.67. The molecule has 0 saturated carbocycles. The summed E-state index contributed by atoms with van der Waals surface area (Å²) in [6, 6.07) is 7.70. The minimum Gasteiger partial charge on any atom is -0.415 e. The predicted molar refractivity (Wildman–Crippen MR) is 120 cm³/mol. The first kappa shape index (κ1) is 20.4. The fourth-order valence-corrected chi connectivity index (χ4v) is 3.42. The number of hydrogen-bond donors (Lipinski definition) is 0. The first-order valence-corrected chi connectivity index (χ1v) is 9.99. The van der Waals surface area contributed by atoms with E-state index in [1.807, 2.05) is 43.3 Å². The van der Waals surface area contributed by atoms with Gasteiger partial charge in [-0.3, -0.25) is 9.78 Å². The van der Waals surface area contributed by atoms with Gasteiger partial charge in [-0.1, -0.05) is 43.0 Å². The number of amides is 1. The number of allylic oxidation sites excluding steroid dienone is 3. The van der Waals surface area contributed by atoms with Crippen LogP contribution in [0.1, 0.15) is 29.8 Å². The molecule has 0 aliphatic heterocycles. The summed E-state index contributed by atoms with van der Waals surface area (Å²) in [4.78, 5) is 23.0. The fraction of sp³-hybridized carbons (Fsp3) is 0.208. The Morgan fingerprint density at radius 3 is 2.61 bits per heavy atom. The number of nitrogens with zero attached hydrogens (tertiary/aromatic N) is 5. The van der Waals surface area contributed by atoms with Gasteiger partial charge in [-0.05, 0) is 37.0 Å². The van der Waals surface area contributed by atoms with Crippen molar-refractivity contribution in [2.24, 2.45) is 0 Å². The van der Waals surface area contributed by atoms with Gasteiger partial charge in [0.15, 0.2) is 0 Å². The third-order valence-corrected chi connectivity index (χ3v) is 5.15. The number of rotatable bonds is 5. The van der Waals surface area contributed by atoms with Crippen LogP contribution in [-0.2, 0) is 4.79 Å². The minimum absolute atomic E-state index is 0.0316. The van der Waals surface area contributed by atoms with Crippen molar-refractivity contribution in [2.45, 2.75) is 19.8 Å². The Morgan fingerprint density at radius 2 is 1.90 bits per heavy atom. The van der Waals surface area contributed by atoms with Crippen LogP contribution in [0.2, 0.25) is 0 Å². The second-order valence-corrected chi connectivity index (χ2v) is 7.48. The number of likely N-dealkylation sites (N-methyl/N-ethyl adjacent to an activating group) is 1. The van der Waals surface area contributed by atoms with Crippen molar-refractivity contribution in [3.63, 3.8) is 0 Å². The van der Waals surface area contributed by atoms with Crippen molar-refractivity contribution >= 4 is 17.6 Å². The highest BCUT2D eigenvalue weighted by Crippen LogP contribution is 2.30. The van der Waals surface area contributed by atoms with Crippen LogP contribution in [0.25, 0.3) is 34.7 Å². The van der Waals surface area contributed by atoms with Crippen molar-refractivity contribution in [1.29, 1.82) is 0 Å². The molecule has 0 unspecified atom stereocenters. The van der Waals surface area contributed by atoms with E-state index in [-0.39, 0.29) is 5.91 Å². The zero-order valence-electron chi connectivity index (χ0n) is 17.8. The predicted octanol–water partition coefficient (Wildman–Crippen LogP) is 4.34. The standard InChI is InChI=1S/C24H23N5O2/c1-5-16-8-6-7-9-19(16)22-27-28-23(31-22)21-15(2)25-14-20(26-21)17-10-12-18(13-11-17)24(30)29(3)4/h5-10,12,14H,1,11,13H2,2-4H3. The van der Waals surface area contributed by atoms with E-state index < -0.39 is 0 Å². The molecule has 2 heterocycles. The summed E-state index contributed by atoms with van der Waals surface area (Å²) in [6.07, 6.45) is 8.66. The zero-order chi connectivity index (χ0) is 22.0. The highest BCUT2D eigenvalue weighted by atomic mass is 16.4. The van der Waals surface area contributed by atoms with E-state index in [2.05, 4.69) is 21.8 Å². The molecule has 7 heteroatoms. The quantitative estimate of drug-likeness (QED) is 0.619. The van der Waals surface area contributed by atoms with Crippen LogP contribution >= 0.6 is 0 Å². The fourth-order valence-electron chi connectivity index (χ4n) is 3.42. The van der Waals surface area contributed by atoms with Crippen LogP contribution in [0.3, 0.4) is 0 Å². The molecule has 2 aromatic heterocycles. The molecule has 0 atom stereocenters. The average molecular weight is 413 g/mol. The third-order valence-electron chi connectivity index (χ3n) is 5.15. The number of aromatic nitrogens is 4. The Bertz CT molecular complexity index is 1220. The lowest BCUT2D eigenvalue weighted by molar-refractivity contribution is -0.124.